The molecule has 1 aromatic rings. The summed E-state index contributed by atoms with van der Waals surface area (Å²) >= 11 is 0. The molecule has 0 aliphatic heterocycles. The fraction of sp³-hybridized carbons (Fsp3) is 0.647. The second kappa shape index (κ2) is 6.93. The summed E-state index contributed by atoms with van der Waals surface area (Å²) in [6, 6.07) is 8.00. The molecule has 21 heavy (non-hydrogen) atoms. The van der Waals surface area contributed by atoms with E-state index in [1.165, 1.54) is 12.0 Å². The Bertz CT molecular complexity index is 551. The van der Waals surface area contributed by atoms with Gasteiger partial charge in [-0.3, -0.25) is 0 Å². The summed E-state index contributed by atoms with van der Waals surface area (Å²) in [6.45, 7) is 4.20. The Morgan fingerprint density at radius 3 is 2.48 bits per heavy atom. The lowest BCUT2D eigenvalue weighted by molar-refractivity contribution is 0.381. The van der Waals surface area contributed by atoms with Crippen LogP contribution in [0.2, 0.25) is 0 Å². The smallest absolute Gasteiger partial charge is 0.155 e. The molecule has 1 fully saturated rings. The average molecular weight is 309 g/mol. The van der Waals surface area contributed by atoms with Crippen molar-refractivity contribution in [2.24, 2.45) is 5.92 Å². The molecule has 3 nitrogen and oxygen atoms in total. The Labute approximate surface area is 129 Å². The van der Waals surface area contributed by atoms with E-state index in [0.29, 0.717) is 5.92 Å². The number of rotatable bonds is 5. The topological polar surface area (TPSA) is 46.2 Å². The molecule has 0 saturated heterocycles. The first-order chi connectivity index (χ1) is 9.92. The highest BCUT2D eigenvalue weighted by molar-refractivity contribution is 7.92. The molecule has 4 heteroatoms. The number of benzene rings is 1. The van der Waals surface area contributed by atoms with Crippen molar-refractivity contribution < 1.29 is 8.42 Å². The van der Waals surface area contributed by atoms with Crippen LogP contribution in [0.25, 0.3) is 0 Å². The Morgan fingerprint density at radius 1 is 1.24 bits per heavy atom. The molecule has 1 saturated carbocycles. The summed E-state index contributed by atoms with van der Waals surface area (Å²) < 4.78 is 25.4. The van der Waals surface area contributed by atoms with Gasteiger partial charge in [0.1, 0.15) is 0 Å². The van der Waals surface area contributed by atoms with Crippen LogP contribution in [0.4, 0.5) is 0 Å². The highest BCUT2D eigenvalue weighted by Crippen LogP contribution is 2.30. The quantitative estimate of drug-likeness (QED) is 0.908. The van der Waals surface area contributed by atoms with Gasteiger partial charge in [0.05, 0.1) is 11.0 Å². The van der Waals surface area contributed by atoms with E-state index < -0.39 is 9.84 Å². The van der Waals surface area contributed by atoms with Gasteiger partial charge in [-0.2, -0.15) is 0 Å². The predicted octanol–water partition coefficient (Wildman–Crippen LogP) is 3.25. The Morgan fingerprint density at radius 2 is 1.90 bits per heavy atom. The van der Waals surface area contributed by atoms with E-state index in [9.17, 15) is 8.42 Å². The maximum absolute atomic E-state index is 12.7. The average Bonchev–Trinajstić information content (AvgIpc) is 2.46. The molecular weight excluding hydrogens is 282 g/mol. The fourth-order valence-electron chi connectivity index (χ4n) is 3.22. The number of hydrogen-bond acceptors (Lipinski definition) is 3. The lowest BCUT2D eigenvalue weighted by Gasteiger charge is -2.28. The number of sulfone groups is 1. The summed E-state index contributed by atoms with van der Waals surface area (Å²) in [6.07, 6.45) is 3.86. The molecule has 0 heterocycles. The standard InChI is InChI=1S/C17H27NO2S/c1-13-7-9-15(10-8-13)17(18-3)12-21(19,20)16-6-4-5-14(2)11-16/h7-10,14,16-18H,4-6,11-12H2,1-3H3. The molecule has 118 valence electrons. The molecule has 1 aliphatic rings. The van der Waals surface area contributed by atoms with Crippen molar-refractivity contribution >= 4 is 9.84 Å². The number of aryl methyl sites for hydroxylation is 1. The SMILES string of the molecule is CNC(CS(=O)(=O)C1CCCC(C)C1)c1ccc(C)cc1. The first-order valence-corrected chi connectivity index (χ1v) is 9.59. The molecule has 1 aliphatic carbocycles. The lowest BCUT2D eigenvalue weighted by atomic mass is 9.91. The molecule has 0 bridgehead atoms. The monoisotopic (exact) mass is 309 g/mol. The zero-order chi connectivity index (χ0) is 15.5. The number of nitrogens with one attached hydrogen (secondary N) is 1. The minimum absolute atomic E-state index is 0.118. The molecule has 0 spiro atoms. The third-order valence-corrected chi connectivity index (χ3v) is 6.87. The van der Waals surface area contributed by atoms with Crippen LogP contribution in [0.5, 0.6) is 0 Å². The van der Waals surface area contributed by atoms with E-state index in [0.717, 1.165) is 24.8 Å². The van der Waals surface area contributed by atoms with Crippen LogP contribution in [0, 0.1) is 12.8 Å². The van der Waals surface area contributed by atoms with Gasteiger partial charge in [0.25, 0.3) is 0 Å². The lowest BCUT2D eigenvalue weighted by Crippen LogP contribution is -2.34. The summed E-state index contributed by atoms with van der Waals surface area (Å²) in [4.78, 5) is 0. The van der Waals surface area contributed by atoms with E-state index in [2.05, 4.69) is 12.2 Å². The van der Waals surface area contributed by atoms with Crippen molar-refractivity contribution in [3.63, 3.8) is 0 Å². The zero-order valence-electron chi connectivity index (χ0n) is 13.3. The van der Waals surface area contributed by atoms with E-state index in [-0.39, 0.29) is 17.0 Å². The maximum Gasteiger partial charge on any atom is 0.155 e. The van der Waals surface area contributed by atoms with Crippen molar-refractivity contribution in [2.75, 3.05) is 12.8 Å². The summed E-state index contributed by atoms with van der Waals surface area (Å²) in [5.41, 5.74) is 2.24. The van der Waals surface area contributed by atoms with Crippen LogP contribution < -0.4 is 5.32 Å². The van der Waals surface area contributed by atoms with Crippen LogP contribution >= 0.6 is 0 Å². The molecule has 0 aromatic heterocycles. The zero-order valence-corrected chi connectivity index (χ0v) is 14.1. The second-order valence-electron chi connectivity index (χ2n) is 6.48. The highest BCUT2D eigenvalue weighted by atomic mass is 32.2. The number of hydrogen-bond donors (Lipinski definition) is 1. The van der Waals surface area contributed by atoms with Gasteiger partial charge in [0.2, 0.25) is 0 Å². The molecule has 1 N–H and O–H groups in total. The highest BCUT2D eigenvalue weighted by Gasteiger charge is 2.32. The maximum atomic E-state index is 12.7. The van der Waals surface area contributed by atoms with Gasteiger partial charge in [-0.1, -0.05) is 49.6 Å². The van der Waals surface area contributed by atoms with Gasteiger partial charge in [0.15, 0.2) is 9.84 Å². The van der Waals surface area contributed by atoms with E-state index in [4.69, 9.17) is 0 Å². The van der Waals surface area contributed by atoms with Crippen LogP contribution in [0.3, 0.4) is 0 Å². The van der Waals surface area contributed by atoms with E-state index in [1.54, 1.807) is 0 Å². The van der Waals surface area contributed by atoms with Gasteiger partial charge >= 0.3 is 0 Å². The molecule has 0 amide bonds. The Balaban J connectivity index is 2.11. The molecule has 2 rings (SSSR count). The Hall–Kier alpha value is -0.870. The van der Waals surface area contributed by atoms with Crippen molar-refractivity contribution in [1.29, 1.82) is 0 Å². The van der Waals surface area contributed by atoms with Crippen LogP contribution in [-0.2, 0) is 9.84 Å². The molecule has 3 atom stereocenters. The van der Waals surface area contributed by atoms with Gasteiger partial charge in [-0.25, -0.2) is 8.42 Å². The molecule has 3 unspecified atom stereocenters. The summed E-state index contributed by atoms with van der Waals surface area (Å²) in [5.74, 6) is 0.732. The second-order valence-corrected chi connectivity index (χ2v) is 8.80. The van der Waals surface area contributed by atoms with Crippen LogP contribution in [0.1, 0.15) is 49.8 Å². The predicted molar refractivity (Wildman–Crippen MR) is 88.2 cm³/mol. The van der Waals surface area contributed by atoms with Crippen LogP contribution in [0.15, 0.2) is 24.3 Å². The van der Waals surface area contributed by atoms with E-state index >= 15 is 0 Å². The molecule has 0 radical (unpaired) electrons. The van der Waals surface area contributed by atoms with Crippen molar-refractivity contribution in [1.82, 2.24) is 5.32 Å². The van der Waals surface area contributed by atoms with Gasteiger partial charge in [-0.05, 0) is 38.3 Å². The minimum atomic E-state index is -3.05. The molecule has 1 aromatic carbocycles. The largest absolute Gasteiger partial charge is 0.312 e. The molecular formula is C17H27NO2S. The first kappa shape index (κ1) is 16.5. The van der Waals surface area contributed by atoms with Crippen molar-refractivity contribution in [3.8, 4) is 0 Å². The third kappa shape index (κ3) is 4.30. The summed E-state index contributed by atoms with van der Waals surface area (Å²) in [5, 5.41) is 3.01. The Kier molecular flexibility index (Phi) is 5.44. The van der Waals surface area contributed by atoms with Gasteiger partial charge < -0.3 is 5.32 Å². The van der Waals surface area contributed by atoms with Crippen molar-refractivity contribution in [2.45, 2.75) is 50.8 Å². The van der Waals surface area contributed by atoms with Gasteiger partial charge in [-0.15, -0.1) is 0 Å². The first-order valence-electron chi connectivity index (χ1n) is 7.88. The minimum Gasteiger partial charge on any atom is -0.312 e. The normalized spacial score (nSPS) is 24.7. The van der Waals surface area contributed by atoms with E-state index in [1.807, 2.05) is 38.2 Å². The fourth-order valence-corrected chi connectivity index (χ4v) is 5.46. The third-order valence-electron chi connectivity index (χ3n) is 4.62. The summed E-state index contributed by atoms with van der Waals surface area (Å²) in [7, 11) is -1.21. The van der Waals surface area contributed by atoms with Gasteiger partial charge in [0, 0.05) is 6.04 Å². The van der Waals surface area contributed by atoms with Crippen LogP contribution in [-0.4, -0.2) is 26.5 Å². The van der Waals surface area contributed by atoms with Crippen molar-refractivity contribution in [3.05, 3.63) is 35.4 Å².